The molecule has 0 bridgehead atoms. The second kappa shape index (κ2) is 9.21. The predicted molar refractivity (Wildman–Crippen MR) is 123 cm³/mol. The number of ether oxygens (including phenoxy) is 1. The van der Waals surface area contributed by atoms with Gasteiger partial charge in [0, 0.05) is 11.6 Å². The van der Waals surface area contributed by atoms with Crippen molar-refractivity contribution >= 4 is 29.0 Å². The Kier molecular flexibility index (Phi) is 5.98. The second-order valence-corrected chi connectivity index (χ2v) is 7.30. The van der Waals surface area contributed by atoms with Crippen LogP contribution in [0, 0.1) is 38.7 Å². The topological polar surface area (TPSA) is 201 Å². The van der Waals surface area contributed by atoms with Crippen molar-refractivity contribution < 1.29 is 14.1 Å². The minimum atomic E-state index is -0.952. The van der Waals surface area contributed by atoms with Crippen molar-refractivity contribution in [3.8, 4) is 18.0 Å². The van der Waals surface area contributed by atoms with E-state index in [-0.39, 0.29) is 52.5 Å². The van der Waals surface area contributed by atoms with Crippen LogP contribution < -0.4 is 26.8 Å². The molecule has 0 fully saturated rings. The van der Waals surface area contributed by atoms with Gasteiger partial charge in [0.2, 0.25) is 5.96 Å². The van der Waals surface area contributed by atoms with Gasteiger partial charge in [-0.1, -0.05) is 18.2 Å². The Morgan fingerprint density at radius 1 is 1.23 bits per heavy atom. The monoisotopic (exact) mass is 473 g/mol. The first-order valence-corrected chi connectivity index (χ1v) is 9.96. The number of nitrogens with zero attached hydrogens (tertiary/aromatic N) is 5. The predicted octanol–water partition coefficient (Wildman–Crippen LogP) is 2.69. The van der Waals surface area contributed by atoms with E-state index in [2.05, 4.69) is 20.6 Å². The van der Waals surface area contributed by atoms with E-state index < -0.39 is 16.8 Å². The molecule has 2 heterocycles. The van der Waals surface area contributed by atoms with E-state index in [9.17, 15) is 19.8 Å². The smallest absolute Gasteiger partial charge is 0.311 e. The summed E-state index contributed by atoms with van der Waals surface area (Å²) >= 11 is 0. The molecule has 2 aromatic carbocycles. The molecular formula is C22H16FN9O3. The third-order valence-electron chi connectivity index (χ3n) is 5.16. The zero-order chi connectivity index (χ0) is 25.1. The molecule has 1 aliphatic rings. The number of nitro benzene ring substituents is 1. The Morgan fingerprint density at radius 3 is 2.63 bits per heavy atom. The Morgan fingerprint density at radius 2 is 1.97 bits per heavy atom. The van der Waals surface area contributed by atoms with Crippen LogP contribution in [0.4, 0.5) is 27.4 Å². The number of halogens is 1. The van der Waals surface area contributed by atoms with Crippen LogP contribution in [0.2, 0.25) is 0 Å². The van der Waals surface area contributed by atoms with Gasteiger partial charge in [-0.2, -0.15) is 10.5 Å². The maximum absolute atomic E-state index is 13.1. The highest BCUT2D eigenvalue weighted by atomic mass is 19.1. The van der Waals surface area contributed by atoms with Gasteiger partial charge in [-0.3, -0.25) is 15.4 Å². The minimum Gasteiger partial charge on any atom is -0.482 e. The normalized spacial score (nSPS) is 13.9. The molecule has 13 heteroatoms. The molecular weight excluding hydrogens is 457 g/mol. The Bertz CT molecular complexity index is 1440. The number of aromatic nitrogens is 1. The lowest BCUT2D eigenvalue weighted by atomic mass is 9.94. The van der Waals surface area contributed by atoms with Gasteiger partial charge >= 0.3 is 5.69 Å². The summed E-state index contributed by atoms with van der Waals surface area (Å²) in [7, 11) is 0. The number of nitriles is 2. The maximum Gasteiger partial charge on any atom is 0.311 e. The standard InChI is InChI=1S/C22H16FN9O3/c23-13-4-1-11(2-5-13)9-35-16-6-3-12(7-15(16)32(33)34)19-17-18(26)14(8-24)20(27)30-21(17)31-22(29-19)28-10-25/h1-7,19H,9H2,(H6,26,27,28,29,30,31). The van der Waals surface area contributed by atoms with E-state index >= 15 is 0 Å². The Hall–Kier alpha value is -5.43. The van der Waals surface area contributed by atoms with Crippen LogP contribution in [-0.2, 0) is 6.61 Å². The number of pyridine rings is 1. The second-order valence-electron chi connectivity index (χ2n) is 7.30. The third-order valence-corrected chi connectivity index (χ3v) is 5.16. The summed E-state index contributed by atoms with van der Waals surface area (Å²) in [6.07, 6.45) is 1.73. The van der Waals surface area contributed by atoms with E-state index in [1.54, 1.807) is 12.3 Å². The first-order chi connectivity index (χ1) is 16.8. The average Bonchev–Trinajstić information content (AvgIpc) is 2.83. The lowest BCUT2D eigenvalue weighted by Gasteiger charge is -2.26. The summed E-state index contributed by atoms with van der Waals surface area (Å²) in [5.41, 5.74) is 12.8. The van der Waals surface area contributed by atoms with E-state index in [0.29, 0.717) is 11.1 Å². The summed E-state index contributed by atoms with van der Waals surface area (Å²) in [6, 6.07) is 10.7. The molecule has 0 saturated heterocycles. The number of guanidine groups is 1. The molecule has 3 aromatic rings. The van der Waals surface area contributed by atoms with Crippen LogP contribution in [-0.4, -0.2) is 15.9 Å². The highest BCUT2D eigenvalue weighted by Gasteiger charge is 2.31. The quantitative estimate of drug-likeness (QED) is 0.185. The SMILES string of the molecule is N#CNC1=NC(c2ccc(OCc3ccc(F)cc3)c([N+](=O)[O-])c2)c2c(nc(N)c(C#N)c2N)N1. The van der Waals surface area contributed by atoms with Gasteiger partial charge < -0.3 is 21.5 Å². The molecule has 4 rings (SSSR count). The zero-order valence-corrected chi connectivity index (χ0v) is 17.8. The van der Waals surface area contributed by atoms with Crippen molar-refractivity contribution in [2.45, 2.75) is 12.6 Å². The molecule has 1 unspecified atom stereocenters. The molecule has 0 amide bonds. The van der Waals surface area contributed by atoms with Crippen molar-refractivity contribution in [1.82, 2.24) is 10.3 Å². The van der Waals surface area contributed by atoms with Crippen LogP contribution in [0.25, 0.3) is 0 Å². The van der Waals surface area contributed by atoms with E-state index in [4.69, 9.17) is 21.5 Å². The van der Waals surface area contributed by atoms with Gasteiger partial charge in [0.15, 0.2) is 11.9 Å². The van der Waals surface area contributed by atoms with Gasteiger partial charge in [-0.15, -0.1) is 0 Å². The number of rotatable bonds is 5. The molecule has 174 valence electrons. The molecule has 0 aliphatic carbocycles. The van der Waals surface area contributed by atoms with Crippen LogP contribution in [0.15, 0.2) is 47.5 Å². The van der Waals surface area contributed by atoms with Gasteiger partial charge in [-0.25, -0.2) is 14.4 Å². The van der Waals surface area contributed by atoms with Gasteiger partial charge in [0.1, 0.15) is 41.7 Å². The molecule has 1 aliphatic heterocycles. The lowest BCUT2D eigenvalue weighted by molar-refractivity contribution is -0.386. The van der Waals surface area contributed by atoms with Crippen LogP contribution in [0.3, 0.4) is 0 Å². The zero-order valence-electron chi connectivity index (χ0n) is 17.8. The molecule has 1 aromatic heterocycles. The molecule has 0 radical (unpaired) electrons. The number of nitrogen functional groups attached to an aromatic ring is 2. The van der Waals surface area contributed by atoms with Crippen LogP contribution >= 0.6 is 0 Å². The minimum absolute atomic E-state index is 0.00606. The number of hydrogen-bond donors (Lipinski definition) is 4. The molecule has 35 heavy (non-hydrogen) atoms. The number of aliphatic imine (C=N–C) groups is 1. The molecule has 6 N–H and O–H groups in total. The van der Waals surface area contributed by atoms with Crippen molar-refractivity contribution in [1.29, 1.82) is 10.5 Å². The fraction of sp³-hybridized carbons (Fsp3) is 0.0909. The van der Waals surface area contributed by atoms with Gasteiger partial charge in [-0.05, 0) is 29.3 Å². The molecule has 1 atom stereocenters. The molecule has 12 nitrogen and oxygen atoms in total. The summed E-state index contributed by atoms with van der Waals surface area (Å²) in [5.74, 6) is -0.384. The fourth-order valence-electron chi connectivity index (χ4n) is 3.53. The fourth-order valence-corrected chi connectivity index (χ4v) is 3.53. The highest BCUT2D eigenvalue weighted by molar-refractivity contribution is 5.98. The van der Waals surface area contributed by atoms with Crippen molar-refractivity contribution in [3.63, 3.8) is 0 Å². The van der Waals surface area contributed by atoms with Crippen molar-refractivity contribution in [3.05, 3.63) is 80.6 Å². The number of fused-ring (bicyclic) bond motifs is 1. The van der Waals surface area contributed by atoms with E-state index in [1.165, 1.54) is 36.4 Å². The summed E-state index contributed by atoms with van der Waals surface area (Å²) in [4.78, 5) is 19.7. The Balaban J connectivity index is 1.76. The number of anilines is 3. The van der Waals surface area contributed by atoms with Crippen LogP contribution in [0.5, 0.6) is 5.75 Å². The average molecular weight is 473 g/mol. The first kappa shape index (κ1) is 22.8. The number of hydrogen-bond acceptors (Lipinski definition) is 11. The number of nitrogens with one attached hydrogen (secondary N) is 2. The third kappa shape index (κ3) is 4.42. The van der Waals surface area contributed by atoms with E-state index in [0.717, 1.165) is 0 Å². The number of benzene rings is 2. The summed E-state index contributed by atoms with van der Waals surface area (Å²) < 4.78 is 18.7. The molecule has 0 saturated carbocycles. The van der Waals surface area contributed by atoms with Gasteiger partial charge in [0.05, 0.1) is 10.6 Å². The Labute approximate surface area is 197 Å². The lowest BCUT2D eigenvalue weighted by Crippen LogP contribution is -2.32. The highest BCUT2D eigenvalue weighted by Crippen LogP contribution is 2.42. The largest absolute Gasteiger partial charge is 0.482 e. The maximum atomic E-state index is 13.1. The summed E-state index contributed by atoms with van der Waals surface area (Å²) in [6.45, 7) is -0.0211. The number of nitrogens with two attached hydrogens (primary N) is 2. The molecule has 0 spiro atoms. The first-order valence-electron chi connectivity index (χ1n) is 9.96. The van der Waals surface area contributed by atoms with E-state index in [1.807, 2.05) is 6.07 Å². The number of nitro groups is 1. The summed E-state index contributed by atoms with van der Waals surface area (Å²) in [5, 5.41) is 35.4. The van der Waals surface area contributed by atoms with Crippen molar-refractivity contribution in [2.24, 2.45) is 4.99 Å². The van der Waals surface area contributed by atoms with Crippen LogP contribution in [0.1, 0.15) is 28.3 Å². The van der Waals surface area contributed by atoms with Crippen molar-refractivity contribution in [2.75, 3.05) is 16.8 Å². The van der Waals surface area contributed by atoms with Gasteiger partial charge in [0.25, 0.3) is 0 Å².